The fraction of sp³-hybridized carbons (Fsp3) is 0.500. The number of carbonyl (C=O) groups is 1. The second kappa shape index (κ2) is 6.88. The summed E-state index contributed by atoms with van der Waals surface area (Å²) < 4.78 is 12.8. The summed E-state index contributed by atoms with van der Waals surface area (Å²) in [6.07, 6.45) is 2.04. The number of amides is 1. The smallest absolute Gasteiger partial charge is 0.224 e. The van der Waals surface area contributed by atoms with E-state index in [1.807, 2.05) is 0 Å². The van der Waals surface area contributed by atoms with Gasteiger partial charge in [0, 0.05) is 10.9 Å². The van der Waals surface area contributed by atoms with Crippen molar-refractivity contribution in [2.75, 3.05) is 5.33 Å². The zero-order chi connectivity index (χ0) is 13.6. The van der Waals surface area contributed by atoms with Crippen molar-refractivity contribution in [1.29, 1.82) is 0 Å². The fourth-order valence-corrected chi connectivity index (χ4v) is 2.71. The van der Waals surface area contributed by atoms with Crippen molar-refractivity contribution in [3.63, 3.8) is 0 Å². The van der Waals surface area contributed by atoms with Gasteiger partial charge in [0.25, 0.3) is 0 Å². The summed E-state index contributed by atoms with van der Waals surface area (Å²) in [7, 11) is 0. The zero-order valence-electron chi connectivity index (χ0n) is 10.8. The first kappa shape index (κ1) is 15.2. The molecule has 1 N–H and O–H groups in total. The molecule has 0 spiro atoms. The first-order chi connectivity index (χ1) is 8.55. The molecule has 0 fully saturated rings. The molecule has 0 unspecified atom stereocenters. The number of nitrogens with one attached hydrogen (secondary N) is 1. The summed E-state index contributed by atoms with van der Waals surface area (Å²) >= 11 is 3.45. The summed E-state index contributed by atoms with van der Waals surface area (Å²) in [5.41, 5.74) is 0.640. The third-order valence-corrected chi connectivity index (χ3v) is 4.37. The Morgan fingerprint density at radius 3 is 2.28 bits per heavy atom. The largest absolute Gasteiger partial charge is 0.350 e. The van der Waals surface area contributed by atoms with Crippen LogP contribution in [0.4, 0.5) is 4.39 Å². The topological polar surface area (TPSA) is 29.1 Å². The van der Waals surface area contributed by atoms with Gasteiger partial charge in [0.05, 0.1) is 6.42 Å². The van der Waals surface area contributed by atoms with E-state index in [0.29, 0.717) is 0 Å². The van der Waals surface area contributed by atoms with Gasteiger partial charge in [-0.3, -0.25) is 4.79 Å². The van der Waals surface area contributed by atoms with Gasteiger partial charge < -0.3 is 5.32 Å². The highest BCUT2D eigenvalue weighted by Crippen LogP contribution is 2.18. The molecule has 4 heteroatoms. The Balaban J connectivity index is 2.63. The van der Waals surface area contributed by atoms with E-state index < -0.39 is 0 Å². The lowest BCUT2D eigenvalue weighted by Gasteiger charge is -2.31. The summed E-state index contributed by atoms with van der Waals surface area (Å²) in [4.78, 5) is 12.0. The molecule has 0 aliphatic rings. The standard InChI is InChI=1S/C14H19BrFNO/c1-3-14(4-2,10-15)17-13(18)9-11-5-7-12(16)8-6-11/h5-8H,3-4,9-10H2,1-2H3,(H,17,18). The molecule has 1 rings (SSSR count). The third-order valence-electron chi connectivity index (χ3n) is 3.29. The van der Waals surface area contributed by atoms with Gasteiger partial charge in [0.2, 0.25) is 5.91 Å². The van der Waals surface area contributed by atoms with Crippen LogP contribution in [-0.2, 0) is 11.2 Å². The highest BCUT2D eigenvalue weighted by Gasteiger charge is 2.26. The van der Waals surface area contributed by atoms with Gasteiger partial charge in [0.15, 0.2) is 0 Å². The predicted octanol–water partition coefficient (Wildman–Crippen LogP) is 3.44. The molecule has 0 heterocycles. The van der Waals surface area contributed by atoms with Crippen molar-refractivity contribution in [1.82, 2.24) is 5.32 Å². The van der Waals surface area contributed by atoms with Gasteiger partial charge >= 0.3 is 0 Å². The van der Waals surface area contributed by atoms with E-state index in [1.165, 1.54) is 12.1 Å². The van der Waals surface area contributed by atoms with Crippen LogP contribution in [0.1, 0.15) is 32.3 Å². The maximum Gasteiger partial charge on any atom is 0.224 e. The lowest BCUT2D eigenvalue weighted by molar-refractivity contribution is -0.122. The van der Waals surface area contributed by atoms with E-state index in [2.05, 4.69) is 35.1 Å². The van der Waals surface area contributed by atoms with Crippen LogP contribution in [0.15, 0.2) is 24.3 Å². The zero-order valence-corrected chi connectivity index (χ0v) is 12.4. The minimum absolute atomic E-state index is 0.0234. The number of hydrogen-bond donors (Lipinski definition) is 1. The summed E-state index contributed by atoms with van der Waals surface area (Å²) in [5, 5.41) is 3.80. The van der Waals surface area contributed by atoms with Crippen LogP contribution in [0, 0.1) is 5.82 Å². The Morgan fingerprint density at radius 2 is 1.83 bits per heavy atom. The second-order valence-corrected chi connectivity index (χ2v) is 5.03. The number of benzene rings is 1. The van der Waals surface area contributed by atoms with Crippen molar-refractivity contribution in [3.8, 4) is 0 Å². The van der Waals surface area contributed by atoms with Crippen molar-refractivity contribution >= 4 is 21.8 Å². The highest BCUT2D eigenvalue weighted by molar-refractivity contribution is 9.09. The average molecular weight is 316 g/mol. The molecule has 0 atom stereocenters. The van der Waals surface area contributed by atoms with Gasteiger partial charge in [-0.05, 0) is 30.5 Å². The molecule has 18 heavy (non-hydrogen) atoms. The second-order valence-electron chi connectivity index (χ2n) is 4.47. The monoisotopic (exact) mass is 315 g/mol. The maximum atomic E-state index is 12.8. The number of halogens is 2. The van der Waals surface area contributed by atoms with Crippen LogP contribution < -0.4 is 5.32 Å². The molecule has 0 radical (unpaired) electrons. The maximum absolute atomic E-state index is 12.8. The van der Waals surface area contributed by atoms with Gasteiger partial charge in [-0.25, -0.2) is 4.39 Å². The lowest BCUT2D eigenvalue weighted by atomic mass is 9.95. The number of hydrogen-bond acceptors (Lipinski definition) is 1. The minimum atomic E-state index is -0.281. The van der Waals surface area contributed by atoms with E-state index in [-0.39, 0.29) is 23.7 Å². The number of carbonyl (C=O) groups excluding carboxylic acids is 1. The van der Waals surface area contributed by atoms with Crippen LogP contribution in [0.5, 0.6) is 0 Å². The van der Waals surface area contributed by atoms with Crippen LogP contribution in [0.2, 0.25) is 0 Å². The quantitative estimate of drug-likeness (QED) is 0.800. The Labute approximate surface area is 116 Å². The Hall–Kier alpha value is -0.900. The van der Waals surface area contributed by atoms with Gasteiger partial charge in [-0.2, -0.15) is 0 Å². The molecule has 0 saturated heterocycles. The van der Waals surface area contributed by atoms with E-state index in [1.54, 1.807) is 12.1 Å². The molecule has 0 bridgehead atoms. The predicted molar refractivity (Wildman–Crippen MR) is 75.4 cm³/mol. The van der Waals surface area contributed by atoms with Crippen LogP contribution in [-0.4, -0.2) is 16.8 Å². The minimum Gasteiger partial charge on any atom is -0.350 e. The Bertz CT molecular complexity index is 379. The normalized spacial score (nSPS) is 11.3. The summed E-state index contributed by atoms with van der Waals surface area (Å²) in [5.74, 6) is -0.305. The van der Waals surface area contributed by atoms with Crippen molar-refractivity contribution in [3.05, 3.63) is 35.6 Å². The molecule has 1 amide bonds. The Morgan fingerprint density at radius 1 is 1.28 bits per heavy atom. The van der Waals surface area contributed by atoms with Gasteiger partial charge in [0.1, 0.15) is 5.82 Å². The molecule has 0 saturated carbocycles. The van der Waals surface area contributed by atoms with Crippen molar-refractivity contribution in [2.24, 2.45) is 0 Å². The van der Waals surface area contributed by atoms with Gasteiger partial charge in [-0.1, -0.05) is 41.9 Å². The van der Waals surface area contributed by atoms with Crippen LogP contribution in [0.3, 0.4) is 0 Å². The molecule has 0 aromatic heterocycles. The molecule has 0 aliphatic heterocycles. The number of rotatable bonds is 6. The lowest BCUT2D eigenvalue weighted by Crippen LogP contribution is -2.49. The van der Waals surface area contributed by atoms with E-state index in [0.717, 1.165) is 23.7 Å². The molecule has 1 aromatic rings. The number of alkyl halides is 1. The summed E-state index contributed by atoms with van der Waals surface area (Å²) in [6.45, 7) is 4.12. The molecule has 1 aromatic carbocycles. The molecular weight excluding hydrogens is 297 g/mol. The van der Waals surface area contributed by atoms with Crippen molar-refractivity contribution in [2.45, 2.75) is 38.6 Å². The van der Waals surface area contributed by atoms with E-state index >= 15 is 0 Å². The van der Waals surface area contributed by atoms with E-state index in [4.69, 9.17) is 0 Å². The average Bonchev–Trinajstić information content (AvgIpc) is 2.39. The summed E-state index contributed by atoms with van der Waals surface area (Å²) in [6, 6.07) is 6.03. The third kappa shape index (κ3) is 4.09. The fourth-order valence-electron chi connectivity index (χ4n) is 1.78. The van der Waals surface area contributed by atoms with Crippen LogP contribution >= 0.6 is 15.9 Å². The van der Waals surface area contributed by atoms with E-state index in [9.17, 15) is 9.18 Å². The SMILES string of the molecule is CCC(CC)(CBr)NC(=O)Cc1ccc(F)cc1. The van der Waals surface area contributed by atoms with Crippen LogP contribution in [0.25, 0.3) is 0 Å². The highest BCUT2D eigenvalue weighted by atomic mass is 79.9. The Kier molecular flexibility index (Phi) is 5.79. The molecular formula is C14H19BrFNO. The molecule has 0 aliphatic carbocycles. The first-order valence-corrected chi connectivity index (χ1v) is 7.29. The molecule has 100 valence electrons. The van der Waals surface area contributed by atoms with Gasteiger partial charge in [-0.15, -0.1) is 0 Å². The molecule has 2 nitrogen and oxygen atoms in total. The first-order valence-electron chi connectivity index (χ1n) is 6.16. The van der Waals surface area contributed by atoms with Crippen molar-refractivity contribution < 1.29 is 9.18 Å².